The van der Waals surface area contributed by atoms with Gasteiger partial charge in [0.25, 0.3) is 0 Å². The zero-order valence-electron chi connectivity index (χ0n) is 9.36. The van der Waals surface area contributed by atoms with Crippen LogP contribution in [-0.4, -0.2) is 30.4 Å². The highest BCUT2D eigenvalue weighted by atomic mass is 16.5. The van der Waals surface area contributed by atoms with Crippen molar-refractivity contribution in [3.05, 3.63) is 24.0 Å². The molecule has 0 spiro atoms. The molecule has 0 amide bonds. The molecule has 0 fully saturated rings. The summed E-state index contributed by atoms with van der Waals surface area (Å²) in [5, 5.41) is 10.2. The van der Waals surface area contributed by atoms with E-state index in [2.05, 4.69) is 4.98 Å². The van der Waals surface area contributed by atoms with Gasteiger partial charge < -0.3 is 14.6 Å². The van der Waals surface area contributed by atoms with Crippen LogP contribution >= 0.6 is 0 Å². The van der Waals surface area contributed by atoms with Crippen LogP contribution in [0.5, 0.6) is 5.75 Å². The third kappa shape index (κ3) is 2.91. The smallest absolute Gasteiger partial charge is 0.143 e. The highest BCUT2D eigenvalue weighted by Gasteiger charge is 2.28. The number of methoxy groups -OCH3 is 1. The Bertz CT molecular complexity index is 312. The second kappa shape index (κ2) is 5.09. The third-order valence-electron chi connectivity index (χ3n) is 2.09. The molecule has 84 valence electrons. The minimum absolute atomic E-state index is 0.205. The molecule has 1 rings (SSSR count). The van der Waals surface area contributed by atoms with Crippen LogP contribution in [-0.2, 0) is 10.3 Å². The lowest BCUT2D eigenvalue weighted by Crippen LogP contribution is -2.29. The van der Waals surface area contributed by atoms with Crippen LogP contribution in [0.15, 0.2) is 18.3 Å². The zero-order valence-corrected chi connectivity index (χ0v) is 9.36. The summed E-state index contributed by atoms with van der Waals surface area (Å²) < 4.78 is 10.3. The van der Waals surface area contributed by atoms with Crippen molar-refractivity contribution >= 4 is 0 Å². The van der Waals surface area contributed by atoms with Gasteiger partial charge in [-0.25, -0.2) is 0 Å². The Morgan fingerprint density at radius 2 is 2.27 bits per heavy atom. The molecule has 1 atom stereocenters. The van der Waals surface area contributed by atoms with Gasteiger partial charge in [0, 0.05) is 12.8 Å². The maximum absolute atomic E-state index is 10.2. The Labute approximate surface area is 89.9 Å². The lowest BCUT2D eigenvalue weighted by Gasteiger charge is -2.23. The van der Waals surface area contributed by atoms with Crippen LogP contribution in [0.4, 0.5) is 0 Å². The standard InChI is InChI=1S/C11H17NO3/c1-4-15-8-11(2,13)10-9(14-3)6-5-7-12-10/h5-7,13H,4,8H2,1-3H3. The summed E-state index contributed by atoms with van der Waals surface area (Å²) in [4.78, 5) is 4.12. The van der Waals surface area contributed by atoms with E-state index in [0.717, 1.165) is 0 Å². The lowest BCUT2D eigenvalue weighted by molar-refractivity contribution is -0.0385. The topological polar surface area (TPSA) is 51.6 Å². The summed E-state index contributed by atoms with van der Waals surface area (Å²) in [5.74, 6) is 0.571. The molecule has 0 radical (unpaired) electrons. The second-order valence-corrected chi connectivity index (χ2v) is 3.47. The maximum atomic E-state index is 10.2. The molecule has 15 heavy (non-hydrogen) atoms. The molecule has 4 nitrogen and oxygen atoms in total. The summed E-state index contributed by atoms with van der Waals surface area (Å²) in [6.45, 7) is 4.31. The summed E-state index contributed by atoms with van der Waals surface area (Å²) >= 11 is 0. The summed E-state index contributed by atoms with van der Waals surface area (Å²) in [6.07, 6.45) is 1.62. The van der Waals surface area contributed by atoms with Crippen molar-refractivity contribution < 1.29 is 14.6 Å². The van der Waals surface area contributed by atoms with Gasteiger partial charge in [0.1, 0.15) is 17.0 Å². The first-order valence-electron chi connectivity index (χ1n) is 4.91. The highest BCUT2D eigenvalue weighted by molar-refractivity contribution is 5.31. The molecule has 4 heteroatoms. The largest absolute Gasteiger partial charge is 0.495 e. The first-order valence-corrected chi connectivity index (χ1v) is 4.91. The molecule has 1 heterocycles. The zero-order chi connectivity index (χ0) is 11.3. The molecule has 0 aliphatic heterocycles. The monoisotopic (exact) mass is 211 g/mol. The fourth-order valence-electron chi connectivity index (χ4n) is 1.33. The van der Waals surface area contributed by atoms with Crippen molar-refractivity contribution in [3.8, 4) is 5.75 Å². The Hall–Kier alpha value is -1.13. The van der Waals surface area contributed by atoms with Crippen molar-refractivity contribution in [2.24, 2.45) is 0 Å². The summed E-state index contributed by atoms with van der Waals surface area (Å²) in [5.41, 5.74) is -0.622. The number of hydrogen-bond acceptors (Lipinski definition) is 4. The molecule has 0 saturated heterocycles. The molecule has 1 unspecified atom stereocenters. The van der Waals surface area contributed by atoms with Gasteiger partial charge in [-0.05, 0) is 26.0 Å². The molecular formula is C11H17NO3. The van der Waals surface area contributed by atoms with Crippen LogP contribution in [0.1, 0.15) is 19.5 Å². The molecule has 1 N–H and O–H groups in total. The minimum atomic E-state index is -1.12. The van der Waals surface area contributed by atoms with Crippen molar-refractivity contribution in [1.29, 1.82) is 0 Å². The van der Waals surface area contributed by atoms with Gasteiger partial charge >= 0.3 is 0 Å². The number of aromatic nitrogens is 1. The average Bonchev–Trinajstić information content (AvgIpc) is 2.26. The molecular weight excluding hydrogens is 194 g/mol. The normalized spacial score (nSPS) is 14.7. The van der Waals surface area contributed by atoms with E-state index in [1.807, 2.05) is 6.92 Å². The van der Waals surface area contributed by atoms with Crippen molar-refractivity contribution in [3.63, 3.8) is 0 Å². The molecule has 0 aliphatic rings. The van der Waals surface area contributed by atoms with Crippen molar-refractivity contribution in [2.45, 2.75) is 19.4 Å². The van der Waals surface area contributed by atoms with Crippen molar-refractivity contribution in [1.82, 2.24) is 4.98 Å². The molecule has 0 aromatic carbocycles. The molecule has 0 aliphatic carbocycles. The van der Waals surface area contributed by atoms with Gasteiger partial charge in [-0.2, -0.15) is 0 Å². The predicted molar refractivity (Wildman–Crippen MR) is 56.9 cm³/mol. The van der Waals surface area contributed by atoms with E-state index in [1.54, 1.807) is 32.4 Å². The number of ether oxygens (including phenoxy) is 2. The van der Waals surface area contributed by atoms with E-state index in [4.69, 9.17) is 9.47 Å². The minimum Gasteiger partial charge on any atom is -0.495 e. The predicted octanol–water partition coefficient (Wildman–Crippen LogP) is 1.33. The van der Waals surface area contributed by atoms with E-state index >= 15 is 0 Å². The SMILES string of the molecule is CCOCC(C)(O)c1ncccc1OC. The second-order valence-electron chi connectivity index (χ2n) is 3.47. The van der Waals surface area contributed by atoms with E-state index < -0.39 is 5.60 Å². The summed E-state index contributed by atoms with van der Waals surface area (Å²) in [7, 11) is 1.55. The van der Waals surface area contributed by atoms with Crippen LogP contribution < -0.4 is 4.74 Å². The number of aliphatic hydroxyl groups is 1. The Kier molecular flexibility index (Phi) is 4.05. The first kappa shape index (κ1) is 11.9. The molecule has 0 bridgehead atoms. The van der Waals surface area contributed by atoms with E-state index in [9.17, 15) is 5.11 Å². The number of nitrogens with zero attached hydrogens (tertiary/aromatic N) is 1. The quantitative estimate of drug-likeness (QED) is 0.798. The van der Waals surface area contributed by atoms with Crippen LogP contribution in [0.2, 0.25) is 0 Å². The van der Waals surface area contributed by atoms with Gasteiger partial charge in [-0.3, -0.25) is 4.98 Å². The fourth-order valence-corrected chi connectivity index (χ4v) is 1.33. The number of pyridine rings is 1. The third-order valence-corrected chi connectivity index (χ3v) is 2.09. The Morgan fingerprint density at radius 3 is 2.87 bits per heavy atom. The van der Waals surface area contributed by atoms with Gasteiger partial charge in [0.15, 0.2) is 0 Å². The van der Waals surface area contributed by atoms with Gasteiger partial charge in [-0.1, -0.05) is 0 Å². The van der Waals surface area contributed by atoms with Crippen molar-refractivity contribution in [2.75, 3.05) is 20.3 Å². The lowest BCUT2D eigenvalue weighted by atomic mass is 10.0. The van der Waals surface area contributed by atoms with Crippen LogP contribution in [0, 0.1) is 0 Å². The molecule has 0 saturated carbocycles. The van der Waals surface area contributed by atoms with Crippen LogP contribution in [0.3, 0.4) is 0 Å². The number of rotatable bonds is 5. The highest BCUT2D eigenvalue weighted by Crippen LogP contribution is 2.27. The molecule has 1 aromatic rings. The molecule has 1 aromatic heterocycles. The fraction of sp³-hybridized carbons (Fsp3) is 0.545. The first-order chi connectivity index (χ1) is 7.11. The van der Waals surface area contributed by atoms with Gasteiger partial charge in [0.2, 0.25) is 0 Å². The van der Waals surface area contributed by atoms with Gasteiger partial charge in [-0.15, -0.1) is 0 Å². The van der Waals surface area contributed by atoms with Gasteiger partial charge in [0.05, 0.1) is 13.7 Å². The van der Waals surface area contributed by atoms with Crippen LogP contribution in [0.25, 0.3) is 0 Å². The average molecular weight is 211 g/mol. The van der Waals surface area contributed by atoms with E-state index in [0.29, 0.717) is 18.1 Å². The number of hydrogen-bond donors (Lipinski definition) is 1. The maximum Gasteiger partial charge on any atom is 0.143 e. The van der Waals surface area contributed by atoms with E-state index in [-0.39, 0.29) is 6.61 Å². The van der Waals surface area contributed by atoms with E-state index in [1.165, 1.54) is 0 Å². The summed E-state index contributed by atoms with van der Waals surface area (Å²) in [6, 6.07) is 3.53. The Morgan fingerprint density at radius 1 is 1.53 bits per heavy atom. The Balaban J connectivity index is 2.92.